The summed E-state index contributed by atoms with van der Waals surface area (Å²) in [5.74, 6) is 1.78. The molecule has 1 fully saturated rings. The van der Waals surface area contributed by atoms with Crippen molar-refractivity contribution in [1.82, 2.24) is 5.32 Å². The Bertz CT molecular complexity index is 388. The van der Waals surface area contributed by atoms with Crippen LogP contribution in [0.2, 0.25) is 0 Å². The minimum absolute atomic E-state index is 0.365. The van der Waals surface area contributed by atoms with Crippen molar-refractivity contribution in [2.45, 2.75) is 38.1 Å². The normalized spacial score (nSPS) is 17.4. The molecule has 1 heterocycles. The van der Waals surface area contributed by atoms with Crippen molar-refractivity contribution >= 4 is 0 Å². The highest BCUT2D eigenvalue weighted by Gasteiger charge is 2.19. The minimum atomic E-state index is 0.365. The second kappa shape index (κ2) is 4.96. The van der Waals surface area contributed by atoms with Crippen LogP contribution in [0.25, 0.3) is 0 Å². The fraction of sp³-hybridized carbons (Fsp3) is 0.571. The predicted octanol–water partition coefficient (Wildman–Crippen LogP) is 2.49. The van der Waals surface area contributed by atoms with Crippen LogP contribution in [0.4, 0.5) is 0 Å². The third kappa shape index (κ3) is 2.91. The van der Waals surface area contributed by atoms with Gasteiger partial charge >= 0.3 is 0 Å². The van der Waals surface area contributed by atoms with Gasteiger partial charge in [0.2, 0.25) is 6.79 Å². The first-order chi connectivity index (χ1) is 8.42. The zero-order valence-electron chi connectivity index (χ0n) is 10.1. The van der Waals surface area contributed by atoms with E-state index in [1.54, 1.807) is 0 Å². The summed E-state index contributed by atoms with van der Waals surface area (Å²) in [7, 11) is 0. The topological polar surface area (TPSA) is 30.5 Å². The van der Waals surface area contributed by atoms with Crippen LogP contribution in [-0.4, -0.2) is 19.4 Å². The first-order valence-electron chi connectivity index (χ1n) is 6.54. The van der Waals surface area contributed by atoms with E-state index in [1.807, 2.05) is 6.07 Å². The molecule has 1 saturated carbocycles. The Kier molecular flexibility index (Phi) is 3.18. The Morgan fingerprint density at radius 2 is 2.00 bits per heavy atom. The number of nitrogens with one attached hydrogen (secondary N) is 1. The van der Waals surface area contributed by atoms with Crippen molar-refractivity contribution in [3.8, 4) is 11.5 Å². The molecule has 1 aliphatic heterocycles. The predicted molar refractivity (Wildman–Crippen MR) is 66.5 cm³/mol. The molecular formula is C14H19NO2. The van der Waals surface area contributed by atoms with E-state index >= 15 is 0 Å². The maximum absolute atomic E-state index is 5.37. The third-order valence-corrected chi connectivity index (χ3v) is 3.34. The molecule has 0 atom stereocenters. The quantitative estimate of drug-likeness (QED) is 0.766. The number of ether oxygens (including phenoxy) is 2. The molecule has 3 heteroatoms. The van der Waals surface area contributed by atoms with E-state index in [2.05, 4.69) is 17.4 Å². The number of aryl methyl sites for hydroxylation is 1. The summed E-state index contributed by atoms with van der Waals surface area (Å²) < 4.78 is 10.7. The molecule has 0 bridgehead atoms. The van der Waals surface area contributed by atoms with E-state index in [9.17, 15) is 0 Å². The van der Waals surface area contributed by atoms with Crippen LogP contribution in [0.1, 0.15) is 31.2 Å². The Labute approximate surface area is 102 Å². The van der Waals surface area contributed by atoms with Gasteiger partial charge < -0.3 is 14.8 Å². The molecule has 2 aliphatic rings. The van der Waals surface area contributed by atoms with Crippen molar-refractivity contribution in [3.05, 3.63) is 23.8 Å². The van der Waals surface area contributed by atoms with E-state index in [0.717, 1.165) is 30.5 Å². The lowest BCUT2D eigenvalue weighted by atomic mass is 10.1. The number of rotatable bonds is 6. The highest BCUT2D eigenvalue weighted by molar-refractivity contribution is 5.44. The largest absolute Gasteiger partial charge is 0.454 e. The van der Waals surface area contributed by atoms with Crippen molar-refractivity contribution in [2.75, 3.05) is 13.3 Å². The average Bonchev–Trinajstić information content (AvgIpc) is 3.05. The Balaban J connectivity index is 1.41. The van der Waals surface area contributed by atoms with Crippen LogP contribution in [-0.2, 0) is 6.42 Å². The second-order valence-corrected chi connectivity index (χ2v) is 4.87. The van der Waals surface area contributed by atoms with Crippen LogP contribution in [0.3, 0.4) is 0 Å². The molecule has 1 N–H and O–H groups in total. The van der Waals surface area contributed by atoms with E-state index in [0.29, 0.717) is 6.79 Å². The zero-order chi connectivity index (χ0) is 11.5. The molecule has 1 aliphatic carbocycles. The molecule has 1 aromatic carbocycles. The SMILES string of the molecule is c1cc2c(cc1CCCCNC1CC1)OCO2. The van der Waals surface area contributed by atoms with Gasteiger partial charge in [-0.3, -0.25) is 0 Å². The lowest BCUT2D eigenvalue weighted by Crippen LogP contribution is -2.17. The van der Waals surface area contributed by atoms with Crippen molar-refractivity contribution < 1.29 is 9.47 Å². The van der Waals surface area contributed by atoms with Gasteiger partial charge in [0.05, 0.1) is 0 Å². The number of benzene rings is 1. The lowest BCUT2D eigenvalue weighted by Gasteiger charge is -2.04. The smallest absolute Gasteiger partial charge is 0.231 e. The van der Waals surface area contributed by atoms with Crippen LogP contribution >= 0.6 is 0 Å². The molecule has 0 amide bonds. The van der Waals surface area contributed by atoms with Gasteiger partial charge in [0, 0.05) is 6.04 Å². The Morgan fingerprint density at radius 3 is 2.88 bits per heavy atom. The van der Waals surface area contributed by atoms with E-state index in [1.165, 1.54) is 31.2 Å². The first-order valence-corrected chi connectivity index (χ1v) is 6.54. The molecule has 1 aromatic rings. The summed E-state index contributed by atoms with van der Waals surface area (Å²) in [5.41, 5.74) is 1.35. The number of hydrogen-bond donors (Lipinski definition) is 1. The van der Waals surface area contributed by atoms with E-state index < -0.39 is 0 Å². The summed E-state index contributed by atoms with van der Waals surface area (Å²) in [6, 6.07) is 7.10. The van der Waals surface area contributed by atoms with Crippen molar-refractivity contribution in [2.24, 2.45) is 0 Å². The first kappa shape index (κ1) is 10.9. The monoisotopic (exact) mass is 233 g/mol. The zero-order valence-corrected chi connectivity index (χ0v) is 10.1. The molecule has 0 radical (unpaired) electrons. The van der Waals surface area contributed by atoms with Gasteiger partial charge in [-0.2, -0.15) is 0 Å². The summed E-state index contributed by atoms with van der Waals surface area (Å²) in [6.07, 6.45) is 6.37. The molecule has 3 nitrogen and oxygen atoms in total. The fourth-order valence-electron chi connectivity index (χ4n) is 2.14. The van der Waals surface area contributed by atoms with Crippen molar-refractivity contribution in [3.63, 3.8) is 0 Å². The van der Waals surface area contributed by atoms with Gasteiger partial charge in [0.25, 0.3) is 0 Å². The van der Waals surface area contributed by atoms with Crippen LogP contribution in [0.15, 0.2) is 18.2 Å². The van der Waals surface area contributed by atoms with Gasteiger partial charge in [-0.1, -0.05) is 6.07 Å². The maximum Gasteiger partial charge on any atom is 0.231 e. The highest BCUT2D eigenvalue weighted by Crippen LogP contribution is 2.32. The lowest BCUT2D eigenvalue weighted by molar-refractivity contribution is 0.174. The molecule has 0 spiro atoms. The van der Waals surface area contributed by atoms with Gasteiger partial charge in [-0.25, -0.2) is 0 Å². The van der Waals surface area contributed by atoms with E-state index in [4.69, 9.17) is 9.47 Å². The molecule has 0 saturated heterocycles. The highest BCUT2D eigenvalue weighted by atomic mass is 16.7. The molecule has 0 unspecified atom stereocenters. The summed E-state index contributed by atoms with van der Waals surface area (Å²) in [5, 5.41) is 3.54. The number of hydrogen-bond acceptors (Lipinski definition) is 3. The molecular weight excluding hydrogens is 214 g/mol. The molecule has 0 aromatic heterocycles. The fourth-order valence-corrected chi connectivity index (χ4v) is 2.14. The number of fused-ring (bicyclic) bond motifs is 1. The van der Waals surface area contributed by atoms with Crippen LogP contribution < -0.4 is 14.8 Å². The number of unbranched alkanes of at least 4 members (excludes halogenated alkanes) is 1. The second-order valence-electron chi connectivity index (χ2n) is 4.87. The van der Waals surface area contributed by atoms with Crippen LogP contribution in [0, 0.1) is 0 Å². The molecule has 17 heavy (non-hydrogen) atoms. The van der Waals surface area contributed by atoms with E-state index in [-0.39, 0.29) is 0 Å². The standard InChI is InChI=1S/C14H19NO2/c1(2-8-15-12-5-6-12)3-11-4-7-13-14(9-11)17-10-16-13/h4,7,9,12,15H,1-3,5-6,8,10H2. The van der Waals surface area contributed by atoms with Gasteiger partial charge in [-0.15, -0.1) is 0 Å². The van der Waals surface area contributed by atoms with Gasteiger partial charge in [0.15, 0.2) is 11.5 Å². The Morgan fingerprint density at radius 1 is 1.12 bits per heavy atom. The summed E-state index contributed by atoms with van der Waals surface area (Å²) in [6.45, 7) is 1.53. The Hall–Kier alpha value is -1.22. The molecule has 92 valence electrons. The van der Waals surface area contributed by atoms with Crippen LogP contribution in [0.5, 0.6) is 11.5 Å². The summed E-state index contributed by atoms with van der Waals surface area (Å²) >= 11 is 0. The average molecular weight is 233 g/mol. The molecule has 3 rings (SSSR count). The third-order valence-electron chi connectivity index (χ3n) is 3.34. The van der Waals surface area contributed by atoms with Crippen molar-refractivity contribution in [1.29, 1.82) is 0 Å². The summed E-state index contributed by atoms with van der Waals surface area (Å²) in [4.78, 5) is 0. The maximum atomic E-state index is 5.37. The van der Waals surface area contributed by atoms with Gasteiger partial charge in [-0.05, 0) is 56.3 Å². The van der Waals surface area contributed by atoms with Gasteiger partial charge in [0.1, 0.15) is 0 Å². The minimum Gasteiger partial charge on any atom is -0.454 e.